The maximum absolute atomic E-state index is 10.4. The van der Waals surface area contributed by atoms with Gasteiger partial charge in [-0.25, -0.2) is 0 Å². The van der Waals surface area contributed by atoms with Crippen molar-refractivity contribution >= 4 is 28.9 Å². The Morgan fingerprint density at radius 2 is 2.03 bits per heavy atom. The fraction of sp³-hybridized carbons (Fsp3) is 0.348. The fourth-order valence-corrected chi connectivity index (χ4v) is 3.61. The van der Waals surface area contributed by atoms with Crippen LogP contribution in [0.2, 0.25) is 10.0 Å². The van der Waals surface area contributed by atoms with Crippen molar-refractivity contribution in [1.82, 2.24) is 4.90 Å². The van der Waals surface area contributed by atoms with Crippen molar-refractivity contribution in [3.63, 3.8) is 0 Å². The van der Waals surface area contributed by atoms with Gasteiger partial charge in [-0.05, 0) is 17.7 Å². The minimum atomic E-state index is -0.654. The molecule has 0 aliphatic carbocycles. The van der Waals surface area contributed by atoms with E-state index < -0.39 is 6.10 Å². The number of nitrogens with zero attached hydrogens (tertiary/aromatic N) is 2. The van der Waals surface area contributed by atoms with Crippen LogP contribution in [0.1, 0.15) is 17.5 Å². The van der Waals surface area contributed by atoms with Crippen LogP contribution < -0.4 is 0 Å². The molecule has 3 rings (SSSR count). The van der Waals surface area contributed by atoms with Gasteiger partial charge in [0.15, 0.2) is 0 Å². The lowest BCUT2D eigenvalue weighted by atomic mass is 10.0. The Morgan fingerprint density at radius 3 is 2.77 bits per heavy atom. The molecule has 7 heteroatoms. The highest BCUT2D eigenvalue weighted by Crippen LogP contribution is 2.26. The number of oxime groups is 1. The minimum absolute atomic E-state index is 0.128. The third kappa shape index (κ3) is 6.73. The summed E-state index contributed by atoms with van der Waals surface area (Å²) in [4.78, 5) is 7.81. The van der Waals surface area contributed by atoms with Crippen LogP contribution in [0.25, 0.3) is 0 Å². The van der Waals surface area contributed by atoms with Crippen LogP contribution in [-0.2, 0) is 16.1 Å². The van der Waals surface area contributed by atoms with Crippen LogP contribution in [0.3, 0.4) is 0 Å². The maximum atomic E-state index is 10.4. The van der Waals surface area contributed by atoms with Crippen molar-refractivity contribution in [3.05, 3.63) is 69.7 Å². The second-order valence-electron chi connectivity index (χ2n) is 7.15. The molecule has 2 atom stereocenters. The zero-order valence-corrected chi connectivity index (χ0v) is 18.0. The average molecular weight is 447 g/mol. The second kappa shape index (κ2) is 11.4. The van der Waals surface area contributed by atoms with E-state index in [2.05, 4.69) is 28.1 Å². The Kier molecular flexibility index (Phi) is 8.56. The molecule has 0 radical (unpaired) electrons. The van der Waals surface area contributed by atoms with E-state index in [0.717, 1.165) is 16.8 Å². The summed E-state index contributed by atoms with van der Waals surface area (Å²) < 4.78 is 5.27. The summed E-state index contributed by atoms with van der Waals surface area (Å²) in [5.41, 5.74) is 2.87. The summed E-state index contributed by atoms with van der Waals surface area (Å²) in [5, 5.41) is 15.6. The lowest BCUT2D eigenvalue weighted by Gasteiger charge is -2.26. The second-order valence-corrected chi connectivity index (χ2v) is 7.97. The van der Waals surface area contributed by atoms with Gasteiger partial charge in [-0.3, -0.25) is 4.90 Å². The molecule has 0 bridgehead atoms. The molecule has 0 saturated carbocycles. The summed E-state index contributed by atoms with van der Waals surface area (Å²) >= 11 is 12.1. The molecule has 5 nitrogen and oxygen atoms in total. The molecule has 158 valence electrons. The molecule has 0 saturated heterocycles. The first-order valence-electron chi connectivity index (χ1n) is 9.69. The zero-order chi connectivity index (χ0) is 21.3. The van der Waals surface area contributed by atoms with E-state index in [-0.39, 0.29) is 19.3 Å². The van der Waals surface area contributed by atoms with Crippen LogP contribution in [0, 0.1) is 12.3 Å². The molecular weight excluding hydrogens is 423 g/mol. The van der Waals surface area contributed by atoms with Crippen LogP contribution in [0.5, 0.6) is 0 Å². The highest BCUT2D eigenvalue weighted by molar-refractivity contribution is 6.42. The number of aliphatic hydroxyl groups is 1. The average Bonchev–Trinajstić information content (AvgIpc) is 3.19. The highest BCUT2D eigenvalue weighted by Gasteiger charge is 2.26. The summed E-state index contributed by atoms with van der Waals surface area (Å²) in [6, 6.07) is 15.5. The lowest BCUT2D eigenvalue weighted by molar-refractivity contribution is 0.00418. The molecule has 1 heterocycles. The number of aliphatic hydroxyl groups excluding tert-OH is 1. The number of halogens is 2. The molecule has 1 N–H and O–H groups in total. The third-order valence-electron chi connectivity index (χ3n) is 4.66. The number of terminal acetylenes is 1. The van der Waals surface area contributed by atoms with Crippen molar-refractivity contribution in [1.29, 1.82) is 0 Å². The van der Waals surface area contributed by atoms with Crippen LogP contribution in [0.15, 0.2) is 53.7 Å². The first-order chi connectivity index (χ1) is 14.5. The van der Waals surface area contributed by atoms with Crippen molar-refractivity contribution in [2.75, 3.05) is 26.3 Å². The molecule has 2 aromatic carbocycles. The summed E-state index contributed by atoms with van der Waals surface area (Å²) in [5.74, 6) is 2.40. The molecule has 0 aromatic heterocycles. The van der Waals surface area contributed by atoms with Gasteiger partial charge in [0.2, 0.25) is 0 Å². The first-order valence-corrected chi connectivity index (χ1v) is 10.4. The molecule has 0 amide bonds. The number of hydrogen-bond acceptors (Lipinski definition) is 5. The molecule has 2 aromatic rings. The maximum Gasteiger partial charge on any atom is 0.145 e. The van der Waals surface area contributed by atoms with E-state index in [1.54, 1.807) is 12.1 Å². The molecular formula is C23H24Cl2N2O3. The van der Waals surface area contributed by atoms with Gasteiger partial charge >= 0.3 is 0 Å². The van der Waals surface area contributed by atoms with E-state index >= 15 is 0 Å². The lowest BCUT2D eigenvalue weighted by Crippen LogP contribution is -2.39. The van der Waals surface area contributed by atoms with Gasteiger partial charge in [-0.2, -0.15) is 0 Å². The monoisotopic (exact) mass is 446 g/mol. The summed E-state index contributed by atoms with van der Waals surface area (Å²) in [6.45, 7) is 2.08. The number of ether oxygens (including phenoxy) is 1. The minimum Gasteiger partial charge on any atom is -0.390 e. The molecule has 30 heavy (non-hydrogen) atoms. The molecule has 1 aliphatic heterocycles. The van der Waals surface area contributed by atoms with Gasteiger partial charge in [0.1, 0.15) is 12.7 Å². The normalized spacial score (nSPS) is 16.8. The van der Waals surface area contributed by atoms with E-state index in [1.807, 2.05) is 24.3 Å². The zero-order valence-electron chi connectivity index (χ0n) is 16.5. The summed E-state index contributed by atoms with van der Waals surface area (Å²) in [6.07, 6.45) is 5.06. The highest BCUT2D eigenvalue weighted by atomic mass is 35.5. The van der Waals surface area contributed by atoms with Crippen molar-refractivity contribution in [3.8, 4) is 12.3 Å². The number of rotatable bonds is 10. The Balaban J connectivity index is 1.61. The SMILES string of the molecule is C#CCOCC(O)CN(Cc1ccccc1)CC1CC(c2ccc(Cl)c(Cl)c2)=NO1. The van der Waals surface area contributed by atoms with Crippen LogP contribution in [0.4, 0.5) is 0 Å². The fourth-order valence-electron chi connectivity index (χ4n) is 3.31. The Labute approximate surface area is 187 Å². The molecule has 2 unspecified atom stereocenters. The predicted molar refractivity (Wildman–Crippen MR) is 120 cm³/mol. The largest absolute Gasteiger partial charge is 0.390 e. The molecule has 0 fully saturated rings. The molecule has 1 aliphatic rings. The van der Waals surface area contributed by atoms with Crippen molar-refractivity contribution < 1.29 is 14.7 Å². The van der Waals surface area contributed by atoms with Crippen LogP contribution in [-0.4, -0.2) is 54.2 Å². The van der Waals surface area contributed by atoms with Gasteiger partial charge < -0.3 is 14.7 Å². The quantitative estimate of drug-likeness (QED) is 0.442. The molecule has 0 spiro atoms. The van der Waals surface area contributed by atoms with Gasteiger partial charge in [0, 0.05) is 31.6 Å². The van der Waals surface area contributed by atoms with E-state index in [1.165, 1.54) is 0 Å². The van der Waals surface area contributed by atoms with Crippen molar-refractivity contribution in [2.24, 2.45) is 5.16 Å². The van der Waals surface area contributed by atoms with Gasteiger partial charge in [-0.1, -0.05) is 70.7 Å². The van der Waals surface area contributed by atoms with E-state index in [0.29, 0.717) is 36.1 Å². The van der Waals surface area contributed by atoms with Crippen LogP contribution >= 0.6 is 23.2 Å². The Bertz CT molecular complexity index is 899. The third-order valence-corrected chi connectivity index (χ3v) is 5.40. The predicted octanol–water partition coefficient (Wildman–Crippen LogP) is 4.00. The smallest absolute Gasteiger partial charge is 0.145 e. The Hall–Kier alpha value is -2.07. The van der Waals surface area contributed by atoms with Crippen molar-refractivity contribution in [2.45, 2.75) is 25.2 Å². The first kappa shape index (κ1) is 22.6. The van der Waals surface area contributed by atoms with E-state index in [4.69, 9.17) is 39.2 Å². The number of hydrogen-bond donors (Lipinski definition) is 1. The number of benzene rings is 2. The summed E-state index contributed by atoms with van der Waals surface area (Å²) in [7, 11) is 0. The van der Waals surface area contributed by atoms with Gasteiger partial charge in [0.05, 0.1) is 28.5 Å². The van der Waals surface area contributed by atoms with Gasteiger partial charge in [-0.15, -0.1) is 6.42 Å². The topological polar surface area (TPSA) is 54.3 Å². The Morgan fingerprint density at radius 1 is 1.23 bits per heavy atom. The standard InChI is InChI=1S/C23H24Cl2N2O3/c1-2-10-29-16-19(28)14-27(13-17-6-4-3-5-7-17)15-20-12-23(26-30-20)18-8-9-21(24)22(25)11-18/h1,3-9,11,19-20,28H,10,12-16H2. The van der Waals surface area contributed by atoms with Gasteiger partial charge in [0.25, 0.3) is 0 Å². The van der Waals surface area contributed by atoms with E-state index in [9.17, 15) is 5.11 Å².